The van der Waals surface area contributed by atoms with E-state index in [0.717, 1.165) is 10.3 Å². The first-order valence-corrected chi connectivity index (χ1v) is 11.7. The number of carbonyl (C=O) groups is 1. The first kappa shape index (κ1) is 25.0. The molecule has 0 spiro atoms. The molecule has 0 aromatic carbocycles. The summed E-state index contributed by atoms with van der Waals surface area (Å²) in [6.45, 7) is 1.94. The highest BCUT2D eigenvalue weighted by molar-refractivity contribution is 5.89. The molecule has 5 rings (SSSR count). The number of aromatic nitrogens is 4. The predicted octanol–water partition coefficient (Wildman–Crippen LogP) is 2.33. The maximum absolute atomic E-state index is 13.2. The largest absolute Gasteiger partial charge is 0.417 e. The number of hydrogen-bond acceptors (Lipinski definition) is 7. The Balaban J connectivity index is 1.30. The summed E-state index contributed by atoms with van der Waals surface area (Å²) in [5.74, 6) is 0.673. The van der Waals surface area contributed by atoms with Gasteiger partial charge >= 0.3 is 12.2 Å². The highest BCUT2D eigenvalue weighted by Gasteiger charge is 2.40. The van der Waals surface area contributed by atoms with E-state index in [2.05, 4.69) is 15.3 Å². The number of anilines is 2. The molecule has 198 valence electrons. The van der Waals surface area contributed by atoms with E-state index in [1.165, 1.54) is 11.9 Å². The zero-order valence-corrected chi connectivity index (χ0v) is 20.2. The Morgan fingerprint density at radius 2 is 2.14 bits per heavy atom. The summed E-state index contributed by atoms with van der Waals surface area (Å²) in [7, 11) is 2.81. The first-order valence-electron chi connectivity index (χ1n) is 11.7. The zero-order chi connectivity index (χ0) is 26.3. The van der Waals surface area contributed by atoms with Crippen LogP contribution in [-0.4, -0.2) is 75.9 Å². The lowest BCUT2D eigenvalue weighted by Crippen LogP contribution is -2.61. The van der Waals surface area contributed by atoms with Gasteiger partial charge in [0.2, 0.25) is 0 Å². The van der Waals surface area contributed by atoms with Gasteiger partial charge in [0.05, 0.1) is 37.1 Å². The predicted molar refractivity (Wildman–Crippen MR) is 127 cm³/mol. The van der Waals surface area contributed by atoms with Crippen LogP contribution in [0, 0.1) is 0 Å². The second-order valence-electron chi connectivity index (χ2n) is 9.08. The number of ether oxygens (including phenoxy) is 2. The van der Waals surface area contributed by atoms with Crippen LogP contribution in [0.25, 0.3) is 11.2 Å². The average molecular weight is 522 g/mol. The van der Waals surface area contributed by atoms with Gasteiger partial charge in [-0.3, -0.25) is 4.79 Å². The standard InChI is InChI=1S/C23H26F3N7O4/c1-31-10-13(23(24,25)26)7-16(21(31)34)30-22(35)33-5-6-37-18-11-32(4-3-17(18)33)19-9-27-20-15(29-19)8-14(28-20)12-36-2/h7-10,17-18H,3-6,11-12H2,1-2H3,(H,27,28)(H,30,35)/t17-,18-/m1/s1. The normalized spacial score (nSPS) is 20.2. The van der Waals surface area contributed by atoms with Gasteiger partial charge in [0.15, 0.2) is 5.65 Å². The van der Waals surface area contributed by atoms with Crippen LogP contribution in [0.4, 0.5) is 29.5 Å². The molecule has 0 radical (unpaired) electrons. The molecule has 37 heavy (non-hydrogen) atoms. The minimum absolute atomic E-state index is 0.254. The number of rotatable bonds is 4. The third kappa shape index (κ3) is 4.98. The smallest absolute Gasteiger partial charge is 0.378 e. The molecule has 0 unspecified atom stereocenters. The Kier molecular flexibility index (Phi) is 6.54. The molecule has 11 nitrogen and oxygen atoms in total. The molecule has 2 aliphatic rings. The van der Waals surface area contributed by atoms with Crippen molar-refractivity contribution < 1.29 is 27.4 Å². The van der Waals surface area contributed by atoms with Crippen molar-refractivity contribution in [2.75, 3.05) is 43.6 Å². The van der Waals surface area contributed by atoms with E-state index >= 15 is 0 Å². The Morgan fingerprint density at radius 1 is 1.32 bits per heavy atom. The van der Waals surface area contributed by atoms with Crippen LogP contribution in [0.2, 0.25) is 0 Å². The van der Waals surface area contributed by atoms with E-state index in [1.54, 1.807) is 13.3 Å². The molecule has 0 saturated carbocycles. The Labute approximate surface area is 209 Å². The van der Waals surface area contributed by atoms with E-state index in [4.69, 9.17) is 14.5 Å². The van der Waals surface area contributed by atoms with Gasteiger partial charge in [-0.05, 0) is 18.6 Å². The maximum Gasteiger partial charge on any atom is 0.417 e. The van der Waals surface area contributed by atoms with Crippen LogP contribution < -0.4 is 15.8 Å². The topological polar surface area (TPSA) is 118 Å². The third-order valence-corrected chi connectivity index (χ3v) is 6.60. The van der Waals surface area contributed by atoms with E-state index in [1.807, 2.05) is 11.0 Å². The number of H-pyrrole nitrogens is 1. The number of amides is 2. The summed E-state index contributed by atoms with van der Waals surface area (Å²) in [6.07, 6.45) is -2.08. The van der Waals surface area contributed by atoms with E-state index < -0.39 is 29.0 Å². The molecule has 3 aromatic rings. The number of aromatic amines is 1. The summed E-state index contributed by atoms with van der Waals surface area (Å²) >= 11 is 0. The lowest BCUT2D eigenvalue weighted by Gasteiger charge is -2.46. The molecule has 5 heterocycles. The van der Waals surface area contributed by atoms with Crippen molar-refractivity contribution in [2.24, 2.45) is 7.05 Å². The number of urea groups is 1. The fourth-order valence-electron chi connectivity index (χ4n) is 4.83. The molecule has 14 heteroatoms. The van der Waals surface area contributed by atoms with Crippen LogP contribution in [-0.2, 0) is 29.3 Å². The molecular weight excluding hydrogens is 495 g/mol. The number of methoxy groups -OCH3 is 1. The van der Waals surface area contributed by atoms with Crippen LogP contribution in [0.15, 0.2) is 29.3 Å². The van der Waals surface area contributed by atoms with Gasteiger partial charge < -0.3 is 34.1 Å². The van der Waals surface area contributed by atoms with Crippen molar-refractivity contribution in [3.63, 3.8) is 0 Å². The minimum Gasteiger partial charge on any atom is -0.378 e. The summed E-state index contributed by atoms with van der Waals surface area (Å²) in [6, 6.07) is 1.59. The lowest BCUT2D eigenvalue weighted by molar-refractivity contribution is -0.138. The summed E-state index contributed by atoms with van der Waals surface area (Å²) in [5.41, 5.74) is 0.0521. The first-order chi connectivity index (χ1) is 17.6. The molecule has 2 saturated heterocycles. The van der Waals surface area contributed by atoms with Crippen molar-refractivity contribution in [1.29, 1.82) is 0 Å². The average Bonchev–Trinajstić information content (AvgIpc) is 3.27. The van der Waals surface area contributed by atoms with Crippen LogP contribution >= 0.6 is 0 Å². The molecule has 2 aliphatic heterocycles. The van der Waals surface area contributed by atoms with Gasteiger partial charge in [-0.2, -0.15) is 13.2 Å². The molecule has 2 atom stereocenters. The lowest BCUT2D eigenvalue weighted by atomic mass is 9.98. The fourth-order valence-corrected chi connectivity index (χ4v) is 4.83. The molecule has 0 aliphatic carbocycles. The highest BCUT2D eigenvalue weighted by Crippen LogP contribution is 2.30. The SMILES string of the molecule is COCc1cc2nc(N3CC[C@@H]4[C@@H](C3)OCCN4C(=O)Nc3cc(C(F)(F)F)cn(C)c3=O)cnc2[nH]1. The highest BCUT2D eigenvalue weighted by atomic mass is 19.4. The second kappa shape index (κ2) is 9.67. The molecule has 2 fully saturated rings. The Hall–Kier alpha value is -3.65. The number of carbonyl (C=O) groups excluding carboxylic acids is 1. The third-order valence-electron chi connectivity index (χ3n) is 6.60. The maximum atomic E-state index is 13.2. The van der Waals surface area contributed by atoms with Crippen molar-refractivity contribution in [3.05, 3.63) is 46.1 Å². The van der Waals surface area contributed by atoms with Crippen molar-refractivity contribution in [1.82, 2.24) is 24.4 Å². The molecule has 3 aromatic heterocycles. The number of halogens is 3. The van der Waals surface area contributed by atoms with E-state index in [-0.39, 0.29) is 25.3 Å². The molecular formula is C23H26F3N7O4. The number of nitrogens with one attached hydrogen (secondary N) is 2. The van der Waals surface area contributed by atoms with Crippen LogP contribution in [0.1, 0.15) is 17.7 Å². The number of nitrogens with zero attached hydrogens (tertiary/aromatic N) is 5. The minimum atomic E-state index is -4.65. The Bertz CT molecular complexity index is 1370. The van der Waals surface area contributed by atoms with Gasteiger partial charge in [0, 0.05) is 45.7 Å². The van der Waals surface area contributed by atoms with Gasteiger partial charge in [-0.25, -0.2) is 14.8 Å². The second-order valence-corrected chi connectivity index (χ2v) is 9.08. The number of hydrogen-bond donors (Lipinski definition) is 2. The molecule has 0 bridgehead atoms. The number of pyridine rings is 1. The number of alkyl halides is 3. The van der Waals surface area contributed by atoms with Gasteiger partial charge in [0.1, 0.15) is 17.0 Å². The van der Waals surface area contributed by atoms with Crippen molar-refractivity contribution in [2.45, 2.75) is 31.3 Å². The Morgan fingerprint density at radius 3 is 2.89 bits per heavy atom. The van der Waals surface area contributed by atoms with Gasteiger partial charge in [-0.1, -0.05) is 0 Å². The summed E-state index contributed by atoms with van der Waals surface area (Å²) in [4.78, 5) is 41.3. The van der Waals surface area contributed by atoms with Gasteiger partial charge in [0.25, 0.3) is 5.56 Å². The summed E-state index contributed by atoms with van der Waals surface area (Å²) in [5, 5.41) is 2.39. The quantitative estimate of drug-likeness (QED) is 0.541. The van der Waals surface area contributed by atoms with E-state index in [9.17, 15) is 22.8 Å². The van der Waals surface area contributed by atoms with Crippen molar-refractivity contribution >= 4 is 28.7 Å². The fraction of sp³-hybridized carbons (Fsp3) is 0.478. The van der Waals surface area contributed by atoms with Crippen molar-refractivity contribution in [3.8, 4) is 0 Å². The van der Waals surface area contributed by atoms with Gasteiger partial charge in [-0.15, -0.1) is 0 Å². The molecule has 2 N–H and O–H groups in total. The van der Waals surface area contributed by atoms with E-state index in [0.29, 0.717) is 55.4 Å². The van der Waals surface area contributed by atoms with Crippen LogP contribution in [0.5, 0.6) is 0 Å². The number of morpholine rings is 1. The number of aryl methyl sites for hydroxylation is 1. The monoisotopic (exact) mass is 521 g/mol. The van der Waals surface area contributed by atoms with Crippen LogP contribution in [0.3, 0.4) is 0 Å². The number of fused-ring (bicyclic) bond motifs is 2. The zero-order valence-electron chi connectivity index (χ0n) is 20.2. The summed E-state index contributed by atoms with van der Waals surface area (Å²) < 4.78 is 51.5. The molecule has 2 amide bonds. The number of piperidine rings is 1.